The zero-order valence-electron chi connectivity index (χ0n) is 22.0. The lowest BCUT2D eigenvalue weighted by molar-refractivity contribution is -0.133. The molecule has 198 valence electrons. The second-order valence-electron chi connectivity index (χ2n) is 11.0. The lowest BCUT2D eigenvalue weighted by Crippen LogP contribution is -2.56. The quantitative estimate of drug-likeness (QED) is 0.509. The Morgan fingerprint density at radius 1 is 1.36 bits per heavy atom. The van der Waals surface area contributed by atoms with E-state index < -0.39 is 11.1 Å². The van der Waals surface area contributed by atoms with Crippen molar-refractivity contribution in [2.24, 2.45) is 22.6 Å². The summed E-state index contributed by atoms with van der Waals surface area (Å²) in [5.41, 5.74) is 6.43. The Hall–Kier alpha value is -2.32. The van der Waals surface area contributed by atoms with Gasteiger partial charge in [-0.3, -0.25) is 14.5 Å². The van der Waals surface area contributed by atoms with Crippen LogP contribution >= 0.6 is 11.6 Å². The van der Waals surface area contributed by atoms with Gasteiger partial charge in [-0.25, -0.2) is 4.99 Å². The highest BCUT2D eigenvalue weighted by Gasteiger charge is 2.53. The van der Waals surface area contributed by atoms with E-state index in [9.17, 15) is 9.59 Å². The first-order valence-electron chi connectivity index (χ1n) is 13.0. The number of amides is 2. The molecule has 4 atom stereocenters. The van der Waals surface area contributed by atoms with Gasteiger partial charge in [0.2, 0.25) is 11.8 Å². The largest absolute Gasteiger partial charge is 0.487 e. The standard InChI is InChI=1S/C27H39ClN4O4/c1-6-27(7-2)15-23(33)32(25(29)31-27)21(10-11-35-5)17-13-18(17)24(34)30-20-14-26(3,4)36-22-9-8-16(28)12-19(20)22/h8-9,12,17-18,20-21H,6-7,10-11,13-15H2,1-5H3,(H2,29,31)(H,30,34). The SMILES string of the molecule is CCC1(CC)CC(=O)N(C(CCOC)C2CC2C(=O)NC2CC(C)(C)Oc3ccc(Cl)cc32)C(N)=N1. The first-order valence-corrected chi connectivity index (χ1v) is 13.4. The summed E-state index contributed by atoms with van der Waals surface area (Å²) in [7, 11) is 1.64. The van der Waals surface area contributed by atoms with Gasteiger partial charge in [-0.1, -0.05) is 25.4 Å². The molecule has 8 nitrogen and oxygen atoms in total. The van der Waals surface area contributed by atoms with Gasteiger partial charge >= 0.3 is 0 Å². The van der Waals surface area contributed by atoms with Crippen LogP contribution in [-0.4, -0.2) is 53.6 Å². The van der Waals surface area contributed by atoms with Gasteiger partial charge in [0.25, 0.3) is 0 Å². The van der Waals surface area contributed by atoms with Gasteiger partial charge in [-0.05, 0) is 63.6 Å². The van der Waals surface area contributed by atoms with E-state index in [1.807, 2.05) is 39.8 Å². The summed E-state index contributed by atoms with van der Waals surface area (Å²) >= 11 is 6.25. The highest BCUT2D eigenvalue weighted by Crippen LogP contribution is 2.47. The number of carbonyl (C=O) groups is 2. The second kappa shape index (κ2) is 10.2. The topological polar surface area (TPSA) is 106 Å². The van der Waals surface area contributed by atoms with Crippen molar-refractivity contribution >= 4 is 29.4 Å². The van der Waals surface area contributed by atoms with E-state index in [4.69, 9.17) is 31.8 Å². The van der Waals surface area contributed by atoms with E-state index >= 15 is 0 Å². The van der Waals surface area contributed by atoms with Crippen molar-refractivity contribution in [2.45, 2.75) is 89.4 Å². The molecular weight excluding hydrogens is 480 g/mol. The number of guanidine groups is 1. The number of nitrogens with two attached hydrogens (primary N) is 1. The number of halogens is 1. The molecule has 0 radical (unpaired) electrons. The number of aliphatic imine (C=N–C) groups is 1. The van der Waals surface area contributed by atoms with Crippen LogP contribution in [0.25, 0.3) is 0 Å². The minimum atomic E-state index is -0.436. The molecule has 1 aromatic carbocycles. The van der Waals surface area contributed by atoms with Crippen molar-refractivity contribution in [2.75, 3.05) is 13.7 Å². The zero-order chi connectivity index (χ0) is 26.3. The number of rotatable bonds is 9. The first-order chi connectivity index (χ1) is 17.0. The van der Waals surface area contributed by atoms with E-state index in [2.05, 4.69) is 5.32 Å². The van der Waals surface area contributed by atoms with Crippen LogP contribution < -0.4 is 15.8 Å². The molecule has 2 amide bonds. The van der Waals surface area contributed by atoms with Gasteiger partial charge in [0.15, 0.2) is 5.96 Å². The number of nitrogens with zero attached hydrogens (tertiary/aromatic N) is 2. The van der Waals surface area contributed by atoms with Crippen molar-refractivity contribution in [3.63, 3.8) is 0 Å². The molecule has 3 aliphatic rings. The fourth-order valence-electron chi connectivity index (χ4n) is 5.79. The predicted octanol–water partition coefficient (Wildman–Crippen LogP) is 4.21. The summed E-state index contributed by atoms with van der Waals surface area (Å²) in [5.74, 6) is 0.757. The number of hydrogen-bond donors (Lipinski definition) is 2. The Morgan fingerprint density at radius 3 is 2.72 bits per heavy atom. The molecule has 2 aliphatic heterocycles. The maximum Gasteiger partial charge on any atom is 0.231 e. The monoisotopic (exact) mass is 518 g/mol. The smallest absolute Gasteiger partial charge is 0.231 e. The van der Waals surface area contributed by atoms with Crippen LogP contribution in [0.5, 0.6) is 5.75 Å². The normalized spacial score (nSPS) is 26.9. The number of benzene rings is 1. The number of ether oxygens (including phenoxy) is 2. The van der Waals surface area contributed by atoms with Crippen molar-refractivity contribution in [3.05, 3.63) is 28.8 Å². The van der Waals surface area contributed by atoms with Crippen molar-refractivity contribution in [3.8, 4) is 5.75 Å². The average molecular weight is 519 g/mol. The predicted molar refractivity (Wildman–Crippen MR) is 140 cm³/mol. The molecule has 1 aliphatic carbocycles. The Bertz CT molecular complexity index is 1040. The summed E-state index contributed by atoms with van der Waals surface area (Å²) in [6, 6.07) is 5.09. The number of methoxy groups -OCH3 is 1. The van der Waals surface area contributed by atoms with Crippen LogP contribution in [0, 0.1) is 11.8 Å². The third-order valence-corrected chi connectivity index (χ3v) is 8.26. The van der Waals surface area contributed by atoms with Crippen LogP contribution in [0.3, 0.4) is 0 Å². The second-order valence-corrected chi connectivity index (χ2v) is 11.4. The average Bonchev–Trinajstić information content (AvgIpc) is 3.61. The maximum atomic E-state index is 13.4. The summed E-state index contributed by atoms with van der Waals surface area (Å²) < 4.78 is 11.4. The van der Waals surface area contributed by atoms with Crippen LogP contribution in [0.15, 0.2) is 23.2 Å². The molecular formula is C27H39ClN4O4. The fraction of sp³-hybridized carbons (Fsp3) is 0.667. The molecule has 1 saturated carbocycles. The Balaban J connectivity index is 1.51. The van der Waals surface area contributed by atoms with E-state index in [0.717, 1.165) is 24.2 Å². The van der Waals surface area contributed by atoms with Crippen molar-refractivity contribution < 1.29 is 19.1 Å². The number of fused-ring (bicyclic) bond motifs is 1. The molecule has 4 rings (SSSR count). The third-order valence-electron chi connectivity index (χ3n) is 8.03. The van der Waals surface area contributed by atoms with E-state index in [0.29, 0.717) is 37.3 Å². The van der Waals surface area contributed by atoms with E-state index in [1.165, 1.54) is 0 Å². The van der Waals surface area contributed by atoms with Gasteiger partial charge in [-0.2, -0.15) is 0 Å². The number of hydrogen-bond acceptors (Lipinski definition) is 6. The molecule has 36 heavy (non-hydrogen) atoms. The van der Waals surface area contributed by atoms with Gasteiger partial charge in [0, 0.05) is 42.7 Å². The Morgan fingerprint density at radius 2 is 2.08 bits per heavy atom. The minimum Gasteiger partial charge on any atom is -0.487 e. The molecule has 2 heterocycles. The molecule has 4 unspecified atom stereocenters. The molecule has 3 N–H and O–H groups in total. The minimum absolute atomic E-state index is 0.000264. The summed E-state index contributed by atoms with van der Waals surface area (Å²) in [5, 5.41) is 3.85. The first kappa shape index (κ1) is 26.7. The Labute approximate surface area is 218 Å². The maximum absolute atomic E-state index is 13.4. The number of carbonyl (C=O) groups excluding carboxylic acids is 2. The van der Waals surface area contributed by atoms with Gasteiger partial charge in [0.05, 0.1) is 18.0 Å². The molecule has 9 heteroatoms. The molecule has 0 aromatic heterocycles. The molecule has 1 aromatic rings. The van der Waals surface area contributed by atoms with E-state index in [-0.39, 0.29) is 41.7 Å². The van der Waals surface area contributed by atoms with Crippen LogP contribution in [0.1, 0.15) is 77.8 Å². The van der Waals surface area contributed by atoms with Crippen LogP contribution in [0.2, 0.25) is 5.02 Å². The fourth-order valence-corrected chi connectivity index (χ4v) is 5.97. The van der Waals surface area contributed by atoms with Crippen LogP contribution in [0.4, 0.5) is 0 Å². The lowest BCUT2D eigenvalue weighted by Gasteiger charge is -2.40. The highest BCUT2D eigenvalue weighted by molar-refractivity contribution is 6.30. The Kier molecular flexibility index (Phi) is 7.58. The summed E-state index contributed by atoms with van der Waals surface area (Å²) in [6.07, 6.45) is 3.78. The lowest BCUT2D eigenvalue weighted by atomic mass is 9.87. The zero-order valence-corrected chi connectivity index (χ0v) is 22.7. The third kappa shape index (κ3) is 5.35. The summed E-state index contributed by atoms with van der Waals surface area (Å²) in [6.45, 7) is 8.58. The molecule has 0 bridgehead atoms. The van der Waals surface area contributed by atoms with Gasteiger partial charge in [0.1, 0.15) is 11.4 Å². The number of nitrogens with one attached hydrogen (secondary N) is 1. The van der Waals surface area contributed by atoms with Crippen molar-refractivity contribution in [1.82, 2.24) is 10.2 Å². The van der Waals surface area contributed by atoms with Gasteiger partial charge < -0.3 is 20.5 Å². The summed E-state index contributed by atoms with van der Waals surface area (Å²) in [4.78, 5) is 33.1. The van der Waals surface area contributed by atoms with Crippen molar-refractivity contribution in [1.29, 1.82) is 0 Å². The van der Waals surface area contributed by atoms with Crippen LogP contribution in [-0.2, 0) is 14.3 Å². The molecule has 0 spiro atoms. The molecule has 1 fully saturated rings. The van der Waals surface area contributed by atoms with E-state index in [1.54, 1.807) is 18.1 Å². The highest BCUT2D eigenvalue weighted by atomic mass is 35.5. The van der Waals surface area contributed by atoms with Gasteiger partial charge in [-0.15, -0.1) is 0 Å². The molecule has 0 saturated heterocycles.